The van der Waals surface area contributed by atoms with Crippen molar-refractivity contribution in [2.45, 2.75) is 59.3 Å². The van der Waals surface area contributed by atoms with Crippen molar-refractivity contribution in [2.24, 2.45) is 0 Å². The van der Waals surface area contributed by atoms with E-state index >= 15 is 0 Å². The van der Waals surface area contributed by atoms with Crippen LogP contribution in [0.5, 0.6) is 0 Å². The van der Waals surface area contributed by atoms with E-state index in [0.717, 1.165) is 17.1 Å². The fourth-order valence-corrected chi connectivity index (χ4v) is 2.30. The van der Waals surface area contributed by atoms with Crippen molar-refractivity contribution >= 4 is 0 Å². The second-order valence-corrected chi connectivity index (χ2v) is 7.75. The van der Waals surface area contributed by atoms with Crippen LogP contribution < -0.4 is 16.5 Å². The van der Waals surface area contributed by atoms with E-state index < -0.39 is 0 Å². The lowest BCUT2D eigenvalue weighted by molar-refractivity contribution is 0.809. The number of hydrogen-bond acceptors (Lipinski definition) is 4. The summed E-state index contributed by atoms with van der Waals surface area (Å²) in [6.45, 7) is 12.2. The predicted molar refractivity (Wildman–Crippen MR) is 121 cm³/mol. The minimum atomic E-state index is -0.0845. The predicted octanol–water partition coefficient (Wildman–Crippen LogP) is 3.89. The Morgan fingerprint density at radius 1 is 0.733 bits per heavy atom. The van der Waals surface area contributed by atoms with E-state index in [1.54, 1.807) is 18.3 Å². The van der Waals surface area contributed by atoms with E-state index in [-0.39, 0.29) is 16.5 Å². The first-order chi connectivity index (χ1) is 14.1. The van der Waals surface area contributed by atoms with Crippen LogP contribution in [0.3, 0.4) is 0 Å². The number of nitrogens with zero attached hydrogens (tertiary/aromatic N) is 1. The topological polar surface area (TPSA) is 111 Å². The van der Waals surface area contributed by atoms with Crippen molar-refractivity contribution in [2.75, 3.05) is 0 Å². The van der Waals surface area contributed by atoms with E-state index in [0.29, 0.717) is 17.8 Å². The van der Waals surface area contributed by atoms with Gasteiger partial charge in [-0.1, -0.05) is 47.6 Å². The van der Waals surface area contributed by atoms with Gasteiger partial charge in [-0.15, -0.1) is 0 Å². The van der Waals surface area contributed by atoms with Gasteiger partial charge in [0, 0.05) is 41.9 Å². The second kappa shape index (κ2) is 12.4. The van der Waals surface area contributed by atoms with Crippen LogP contribution in [-0.4, -0.2) is 19.9 Å². The van der Waals surface area contributed by atoms with Crippen LogP contribution in [0.4, 0.5) is 0 Å². The van der Waals surface area contributed by atoms with E-state index in [1.807, 2.05) is 47.6 Å². The third-order valence-electron chi connectivity index (χ3n) is 4.12. The Morgan fingerprint density at radius 3 is 1.80 bits per heavy atom. The molecule has 0 bridgehead atoms. The number of pyridine rings is 2. The van der Waals surface area contributed by atoms with Crippen LogP contribution >= 0.6 is 0 Å². The fraction of sp³-hybridized carbons (Fsp3) is 0.391. The first-order valence-corrected chi connectivity index (χ1v) is 10.0. The lowest BCUT2D eigenvalue weighted by Crippen LogP contribution is -2.07. The summed E-state index contributed by atoms with van der Waals surface area (Å²) in [6, 6.07) is 9.88. The van der Waals surface area contributed by atoms with Gasteiger partial charge in [-0.25, -0.2) is 4.98 Å². The molecule has 3 aromatic heterocycles. The molecule has 0 aliphatic carbocycles. The summed E-state index contributed by atoms with van der Waals surface area (Å²) in [5, 5.41) is 0. The maximum absolute atomic E-state index is 10.8. The maximum Gasteiger partial charge on any atom is 0.250 e. The largest absolute Gasteiger partial charge is 0.365 e. The van der Waals surface area contributed by atoms with Crippen LogP contribution in [-0.2, 0) is 0 Å². The van der Waals surface area contributed by atoms with Crippen LogP contribution in [0.2, 0.25) is 0 Å². The van der Waals surface area contributed by atoms with E-state index in [2.05, 4.69) is 19.9 Å². The summed E-state index contributed by atoms with van der Waals surface area (Å²) in [5.74, 6) is 1.12. The molecule has 0 aliphatic heterocycles. The Balaban J connectivity index is 0.000000225. The van der Waals surface area contributed by atoms with Crippen molar-refractivity contribution in [1.29, 1.82) is 0 Å². The molecule has 0 atom stereocenters. The number of rotatable bonds is 3. The number of hydrogen-bond donors (Lipinski definition) is 3. The summed E-state index contributed by atoms with van der Waals surface area (Å²) in [6.07, 6.45) is 3.11. The molecule has 3 rings (SSSR count). The molecule has 0 radical (unpaired) electrons. The Kier molecular flexibility index (Phi) is 10.2. The Labute approximate surface area is 176 Å². The Morgan fingerprint density at radius 2 is 1.40 bits per heavy atom. The highest BCUT2D eigenvalue weighted by Crippen LogP contribution is 2.07. The molecule has 0 amide bonds. The molecule has 0 aromatic carbocycles. The molecule has 3 heterocycles. The first kappa shape index (κ1) is 24.8. The standard InChI is InChI=1S/2C8H11NO.C7H10N2O/c1-6(2)8-5-7(10)3-4-9-8;1-6(2)7-4-3-5-8(10)9-7;1-5(2)6-3-7(10)9-4-8-6/h2*3-6H,1-2H3,(H,9,10);3-5H,1-2H3,(H,8,9,10). The number of aromatic nitrogens is 4. The van der Waals surface area contributed by atoms with Crippen molar-refractivity contribution < 1.29 is 0 Å². The molecule has 0 fully saturated rings. The van der Waals surface area contributed by atoms with Crippen LogP contribution in [0.15, 0.2) is 63.3 Å². The lowest BCUT2D eigenvalue weighted by Gasteiger charge is -2.01. The summed E-state index contributed by atoms with van der Waals surface area (Å²) < 4.78 is 0. The molecule has 0 spiro atoms. The minimum absolute atomic E-state index is 0.0220. The zero-order valence-electron chi connectivity index (χ0n) is 18.5. The van der Waals surface area contributed by atoms with Crippen molar-refractivity contribution in [3.8, 4) is 0 Å². The van der Waals surface area contributed by atoms with Gasteiger partial charge in [-0.2, -0.15) is 0 Å². The summed E-state index contributed by atoms with van der Waals surface area (Å²) in [5.41, 5.74) is 2.79. The van der Waals surface area contributed by atoms with E-state index in [9.17, 15) is 14.4 Å². The molecule has 0 saturated heterocycles. The van der Waals surface area contributed by atoms with Gasteiger partial charge in [0.1, 0.15) is 0 Å². The van der Waals surface area contributed by atoms with Gasteiger partial charge in [-0.3, -0.25) is 14.4 Å². The summed E-state index contributed by atoms with van der Waals surface area (Å²) in [7, 11) is 0. The van der Waals surface area contributed by atoms with Crippen LogP contribution in [0.1, 0.15) is 76.4 Å². The quantitative estimate of drug-likeness (QED) is 0.606. The van der Waals surface area contributed by atoms with Gasteiger partial charge in [0.15, 0.2) is 5.43 Å². The molecule has 7 nitrogen and oxygen atoms in total. The highest BCUT2D eigenvalue weighted by Gasteiger charge is 1.99. The van der Waals surface area contributed by atoms with Crippen molar-refractivity contribution in [3.63, 3.8) is 0 Å². The molecule has 0 aliphatic rings. The van der Waals surface area contributed by atoms with Crippen LogP contribution in [0, 0.1) is 0 Å². The Bertz CT molecular complexity index is 925. The van der Waals surface area contributed by atoms with Crippen molar-refractivity contribution in [3.05, 3.63) is 96.9 Å². The highest BCUT2D eigenvalue weighted by atomic mass is 16.1. The number of aromatic amines is 3. The van der Waals surface area contributed by atoms with Crippen molar-refractivity contribution in [1.82, 2.24) is 19.9 Å². The lowest BCUT2D eigenvalue weighted by atomic mass is 10.1. The van der Waals surface area contributed by atoms with E-state index in [4.69, 9.17) is 0 Å². The zero-order chi connectivity index (χ0) is 22.7. The SMILES string of the molecule is CC(C)c1cc(=O)[nH]cn1.CC(C)c1cc(=O)cc[nH]1.CC(C)c1cccc(=O)[nH]1. The monoisotopic (exact) mass is 412 g/mol. The molecule has 0 unspecified atom stereocenters. The molecule has 3 N–H and O–H groups in total. The minimum Gasteiger partial charge on any atom is -0.365 e. The van der Waals surface area contributed by atoms with Gasteiger partial charge in [0.25, 0.3) is 5.56 Å². The van der Waals surface area contributed by atoms with Gasteiger partial charge < -0.3 is 15.0 Å². The average molecular weight is 413 g/mol. The van der Waals surface area contributed by atoms with Gasteiger partial charge in [0.05, 0.1) is 12.0 Å². The van der Waals surface area contributed by atoms with Gasteiger partial charge >= 0.3 is 0 Å². The molecular formula is C23H32N4O3. The Hall–Kier alpha value is -3.22. The highest BCUT2D eigenvalue weighted by molar-refractivity contribution is 5.08. The van der Waals surface area contributed by atoms with E-state index in [1.165, 1.54) is 24.5 Å². The third kappa shape index (κ3) is 9.32. The van der Waals surface area contributed by atoms with Crippen LogP contribution in [0.25, 0.3) is 0 Å². The number of H-pyrrole nitrogens is 3. The van der Waals surface area contributed by atoms with Gasteiger partial charge in [0.2, 0.25) is 5.56 Å². The normalized spacial score (nSPS) is 10.3. The fourth-order valence-electron chi connectivity index (χ4n) is 2.30. The summed E-state index contributed by atoms with van der Waals surface area (Å²) >= 11 is 0. The molecule has 7 heteroatoms. The van der Waals surface area contributed by atoms with Gasteiger partial charge in [-0.05, 0) is 23.8 Å². The molecule has 162 valence electrons. The molecule has 30 heavy (non-hydrogen) atoms. The average Bonchev–Trinajstić information content (AvgIpc) is 2.69. The number of nitrogens with one attached hydrogen (secondary N) is 3. The molecular weight excluding hydrogens is 380 g/mol. The summed E-state index contributed by atoms with van der Waals surface area (Å²) in [4.78, 5) is 44.4. The molecule has 3 aromatic rings. The smallest absolute Gasteiger partial charge is 0.250 e. The first-order valence-electron chi connectivity index (χ1n) is 10.0. The zero-order valence-corrected chi connectivity index (χ0v) is 18.5. The maximum atomic E-state index is 10.8. The molecule has 0 saturated carbocycles. The second-order valence-electron chi connectivity index (χ2n) is 7.75. The third-order valence-corrected chi connectivity index (χ3v) is 4.12.